The number of pyridine rings is 1. The van der Waals surface area contributed by atoms with E-state index in [0.717, 1.165) is 18.2 Å². The highest BCUT2D eigenvalue weighted by atomic mass is 35.5. The summed E-state index contributed by atoms with van der Waals surface area (Å²) >= 11 is 5.87. The molecule has 1 aromatic carbocycles. The minimum Gasteiger partial charge on any atom is -0.323 e. The number of anilines is 1. The van der Waals surface area contributed by atoms with Gasteiger partial charge in [0.2, 0.25) is 5.91 Å². The molecule has 0 atom stereocenters. The second-order valence-electron chi connectivity index (χ2n) is 4.69. The molecule has 0 bridgehead atoms. The number of fused-ring (bicyclic) bond motifs is 1. The number of amides is 1. The van der Waals surface area contributed by atoms with E-state index in [1.165, 1.54) is 0 Å². The molecule has 0 unspecified atom stereocenters. The normalized spacial score (nSPS) is 10.9. The van der Waals surface area contributed by atoms with E-state index < -0.39 is 17.5 Å². The van der Waals surface area contributed by atoms with E-state index >= 15 is 0 Å². The molecular formula is C15H10ClF2N3O. The molecule has 0 saturated carbocycles. The molecule has 22 heavy (non-hydrogen) atoms. The van der Waals surface area contributed by atoms with Gasteiger partial charge in [0.1, 0.15) is 17.3 Å². The number of benzene rings is 1. The van der Waals surface area contributed by atoms with Gasteiger partial charge in [-0.25, -0.2) is 13.8 Å². The monoisotopic (exact) mass is 321 g/mol. The lowest BCUT2D eigenvalue weighted by molar-refractivity contribution is -0.115. The highest BCUT2D eigenvalue weighted by Crippen LogP contribution is 2.16. The molecule has 4 nitrogen and oxygen atoms in total. The first-order valence-electron chi connectivity index (χ1n) is 6.39. The van der Waals surface area contributed by atoms with Gasteiger partial charge in [0.25, 0.3) is 0 Å². The highest BCUT2D eigenvalue weighted by Gasteiger charge is 2.11. The molecule has 3 rings (SSSR count). The van der Waals surface area contributed by atoms with Crippen LogP contribution in [0.2, 0.25) is 5.02 Å². The molecule has 3 aromatic rings. The van der Waals surface area contributed by atoms with E-state index in [9.17, 15) is 13.6 Å². The fourth-order valence-corrected chi connectivity index (χ4v) is 2.22. The summed E-state index contributed by atoms with van der Waals surface area (Å²) in [6.07, 6.45) is 3.26. The van der Waals surface area contributed by atoms with Crippen molar-refractivity contribution in [3.8, 4) is 0 Å². The Morgan fingerprint density at radius 2 is 2.05 bits per heavy atom. The van der Waals surface area contributed by atoms with Crippen molar-refractivity contribution in [1.29, 1.82) is 0 Å². The van der Waals surface area contributed by atoms with Crippen LogP contribution in [-0.4, -0.2) is 15.3 Å². The summed E-state index contributed by atoms with van der Waals surface area (Å²) in [5.74, 6) is -1.81. The Bertz CT molecular complexity index is 863. The Morgan fingerprint density at radius 1 is 1.23 bits per heavy atom. The maximum atomic E-state index is 13.5. The lowest BCUT2D eigenvalue weighted by Gasteiger charge is -2.05. The maximum Gasteiger partial charge on any atom is 0.230 e. The van der Waals surface area contributed by atoms with Gasteiger partial charge in [0, 0.05) is 18.5 Å². The predicted octanol–water partition coefficient (Wildman–Crippen LogP) is 3.45. The Hall–Kier alpha value is -2.47. The Kier molecular flexibility index (Phi) is 3.77. The van der Waals surface area contributed by atoms with Crippen molar-refractivity contribution >= 4 is 28.8 Å². The minimum atomic E-state index is -0.698. The van der Waals surface area contributed by atoms with Crippen molar-refractivity contribution < 1.29 is 13.6 Å². The number of rotatable bonds is 3. The van der Waals surface area contributed by atoms with Crippen LogP contribution in [0.3, 0.4) is 0 Å². The van der Waals surface area contributed by atoms with Crippen LogP contribution in [0.25, 0.3) is 5.65 Å². The molecule has 0 aliphatic rings. The van der Waals surface area contributed by atoms with Gasteiger partial charge >= 0.3 is 0 Å². The summed E-state index contributed by atoms with van der Waals surface area (Å²) in [7, 11) is 0. The summed E-state index contributed by atoms with van der Waals surface area (Å²) < 4.78 is 28.2. The number of aromatic nitrogens is 2. The van der Waals surface area contributed by atoms with E-state index in [1.54, 1.807) is 28.9 Å². The number of nitrogens with zero attached hydrogens (tertiary/aromatic N) is 2. The molecule has 0 aliphatic carbocycles. The maximum absolute atomic E-state index is 13.5. The van der Waals surface area contributed by atoms with Crippen LogP contribution in [0.15, 0.2) is 42.7 Å². The van der Waals surface area contributed by atoms with Gasteiger partial charge in [0.15, 0.2) is 0 Å². The van der Waals surface area contributed by atoms with Crippen LogP contribution in [0.1, 0.15) is 5.69 Å². The van der Waals surface area contributed by atoms with E-state index in [4.69, 9.17) is 11.6 Å². The predicted molar refractivity (Wildman–Crippen MR) is 78.9 cm³/mol. The first-order chi connectivity index (χ1) is 10.5. The summed E-state index contributed by atoms with van der Waals surface area (Å²) in [6, 6.07) is 6.28. The first kappa shape index (κ1) is 14.5. The molecule has 1 N–H and O–H groups in total. The number of carbonyl (C=O) groups excluding carboxylic acids is 1. The van der Waals surface area contributed by atoms with Crippen LogP contribution in [-0.2, 0) is 11.2 Å². The van der Waals surface area contributed by atoms with Crippen molar-refractivity contribution in [2.45, 2.75) is 6.42 Å². The number of imidazole rings is 1. The average molecular weight is 322 g/mol. The van der Waals surface area contributed by atoms with Crippen molar-refractivity contribution in [2.75, 3.05) is 5.32 Å². The minimum absolute atomic E-state index is 0.0603. The van der Waals surface area contributed by atoms with Crippen molar-refractivity contribution in [3.05, 3.63) is 65.1 Å². The number of hydrogen-bond donors (Lipinski definition) is 1. The van der Waals surface area contributed by atoms with Crippen LogP contribution in [0.4, 0.5) is 14.5 Å². The third-order valence-corrected chi connectivity index (χ3v) is 3.23. The fraction of sp³-hybridized carbons (Fsp3) is 0.0667. The molecule has 2 heterocycles. The number of hydrogen-bond acceptors (Lipinski definition) is 2. The van der Waals surface area contributed by atoms with Gasteiger partial charge in [-0.15, -0.1) is 0 Å². The third kappa shape index (κ3) is 3.07. The zero-order valence-electron chi connectivity index (χ0n) is 11.2. The molecule has 0 saturated heterocycles. The summed E-state index contributed by atoms with van der Waals surface area (Å²) in [6.45, 7) is 0. The van der Waals surface area contributed by atoms with E-state index in [1.807, 2.05) is 0 Å². The van der Waals surface area contributed by atoms with E-state index in [-0.39, 0.29) is 12.1 Å². The Balaban J connectivity index is 1.76. The second-order valence-corrected chi connectivity index (χ2v) is 5.13. The quantitative estimate of drug-likeness (QED) is 0.803. The second kappa shape index (κ2) is 5.73. The molecule has 0 radical (unpaired) electrons. The highest BCUT2D eigenvalue weighted by molar-refractivity contribution is 6.30. The molecule has 2 aromatic heterocycles. The van der Waals surface area contributed by atoms with Crippen LogP contribution in [0, 0.1) is 11.6 Å². The third-order valence-electron chi connectivity index (χ3n) is 3.01. The first-order valence-corrected chi connectivity index (χ1v) is 6.77. The number of halogens is 3. The average Bonchev–Trinajstić information content (AvgIpc) is 2.84. The van der Waals surface area contributed by atoms with E-state index in [2.05, 4.69) is 10.3 Å². The zero-order chi connectivity index (χ0) is 15.7. The van der Waals surface area contributed by atoms with E-state index in [0.29, 0.717) is 16.4 Å². The lowest BCUT2D eigenvalue weighted by atomic mass is 10.2. The standard InChI is InChI=1S/C15H10ClF2N3O/c16-9-1-4-14-19-11(8-21(14)7-9)6-15(22)20-13-5-10(17)2-3-12(13)18/h1-5,7-8H,6H2,(H,20,22). The van der Waals surface area contributed by atoms with Gasteiger partial charge in [0.05, 0.1) is 22.8 Å². The summed E-state index contributed by atoms with van der Waals surface area (Å²) in [4.78, 5) is 16.2. The molecule has 112 valence electrons. The van der Waals surface area contributed by atoms with Crippen molar-refractivity contribution in [1.82, 2.24) is 9.38 Å². The molecule has 0 aliphatic heterocycles. The smallest absolute Gasteiger partial charge is 0.230 e. The number of nitrogens with one attached hydrogen (secondary N) is 1. The Morgan fingerprint density at radius 3 is 2.86 bits per heavy atom. The van der Waals surface area contributed by atoms with Gasteiger partial charge in [-0.1, -0.05) is 11.6 Å². The van der Waals surface area contributed by atoms with Gasteiger partial charge < -0.3 is 9.72 Å². The molecular weight excluding hydrogens is 312 g/mol. The van der Waals surface area contributed by atoms with Crippen LogP contribution >= 0.6 is 11.6 Å². The number of carbonyl (C=O) groups is 1. The lowest BCUT2D eigenvalue weighted by Crippen LogP contribution is -2.15. The summed E-state index contributed by atoms with van der Waals surface area (Å²) in [5.41, 5.74) is 0.942. The van der Waals surface area contributed by atoms with Crippen LogP contribution < -0.4 is 5.32 Å². The molecule has 0 spiro atoms. The molecule has 7 heteroatoms. The van der Waals surface area contributed by atoms with Gasteiger partial charge in [-0.05, 0) is 24.3 Å². The topological polar surface area (TPSA) is 46.4 Å². The zero-order valence-corrected chi connectivity index (χ0v) is 11.9. The largest absolute Gasteiger partial charge is 0.323 e. The Labute approximate surface area is 129 Å². The van der Waals surface area contributed by atoms with Gasteiger partial charge in [-0.3, -0.25) is 4.79 Å². The SMILES string of the molecule is O=C(Cc1cn2cc(Cl)ccc2n1)Nc1cc(F)ccc1F. The van der Waals surface area contributed by atoms with Crippen LogP contribution in [0.5, 0.6) is 0 Å². The van der Waals surface area contributed by atoms with Gasteiger partial charge in [-0.2, -0.15) is 0 Å². The summed E-state index contributed by atoms with van der Waals surface area (Å²) in [5, 5.41) is 2.87. The fourth-order valence-electron chi connectivity index (χ4n) is 2.05. The van der Waals surface area contributed by atoms with Crippen molar-refractivity contribution in [3.63, 3.8) is 0 Å². The molecule has 1 amide bonds. The van der Waals surface area contributed by atoms with Crippen molar-refractivity contribution in [2.24, 2.45) is 0 Å². The molecule has 0 fully saturated rings.